The number of aliphatic carboxylic acids is 1. The molecule has 0 aliphatic heterocycles. The van der Waals surface area contributed by atoms with Crippen molar-refractivity contribution in [3.8, 4) is 11.1 Å². The summed E-state index contributed by atoms with van der Waals surface area (Å²) in [5.74, 6) is -7.26. The van der Waals surface area contributed by atoms with Crippen LogP contribution in [0.4, 0.5) is 4.39 Å². The van der Waals surface area contributed by atoms with E-state index in [1.54, 1.807) is 19.9 Å². The highest BCUT2D eigenvalue weighted by Gasteiger charge is 2.46. The van der Waals surface area contributed by atoms with E-state index in [0.717, 1.165) is 49.7 Å². The minimum Gasteiger partial charge on any atom is -0.481 e. The van der Waals surface area contributed by atoms with E-state index in [2.05, 4.69) is 0 Å². The van der Waals surface area contributed by atoms with Crippen LogP contribution in [0.5, 0.6) is 0 Å². The van der Waals surface area contributed by atoms with Crippen molar-refractivity contribution in [3.63, 3.8) is 0 Å². The van der Waals surface area contributed by atoms with Crippen LogP contribution in [0.25, 0.3) is 28.1 Å². The molecule has 0 spiro atoms. The van der Waals surface area contributed by atoms with Gasteiger partial charge < -0.3 is 19.9 Å². The Morgan fingerprint density at radius 2 is 1.69 bits per heavy atom. The highest BCUT2D eigenvalue weighted by molar-refractivity contribution is 6.02. The molecule has 1 heterocycles. The third-order valence-electron chi connectivity index (χ3n) is 8.58. The molecule has 39 heavy (non-hydrogen) atoms. The van der Waals surface area contributed by atoms with Gasteiger partial charge >= 0.3 is 5.97 Å². The Labute approximate surface area is 237 Å². The lowest BCUT2D eigenvalue weighted by molar-refractivity contribution is -0.160. The van der Waals surface area contributed by atoms with Gasteiger partial charge in [-0.05, 0) is 114 Å². The van der Waals surface area contributed by atoms with Gasteiger partial charge in [0.05, 0.1) is 19.8 Å². The zero-order valence-electron chi connectivity index (χ0n) is 28.7. The van der Waals surface area contributed by atoms with Gasteiger partial charge in [0.2, 0.25) is 0 Å². The standard InChI is InChI=1S/C33H44FNO4/c1-11-20(4)35-28(14-15-32(9,38)24(8)33(10,39)23(7)31(36)37)30(25-12-13-27(34)22(6)21(25)5)26-16-18(2)19(3)17-29(26)35/h12-17,20,23-24,38-39H,11H2,1-10H3,(H,36,37)/b15-14+/t20?,23?,24?,32-,33+/m1/s1/i14D,15D,23D,24D. The van der Waals surface area contributed by atoms with Gasteiger partial charge in [0, 0.05) is 36.8 Å². The van der Waals surface area contributed by atoms with Crippen LogP contribution in [0.2, 0.25) is 0 Å². The van der Waals surface area contributed by atoms with E-state index in [-0.39, 0.29) is 17.6 Å². The number of aromatic nitrogens is 1. The molecule has 5 atom stereocenters. The van der Waals surface area contributed by atoms with Crippen molar-refractivity contribution in [2.45, 2.75) is 92.9 Å². The third-order valence-corrected chi connectivity index (χ3v) is 8.58. The number of benzene rings is 2. The predicted octanol–water partition coefficient (Wildman–Crippen LogP) is 7.52. The maximum Gasteiger partial charge on any atom is 0.309 e. The molecule has 0 amide bonds. The van der Waals surface area contributed by atoms with Gasteiger partial charge in [-0.2, -0.15) is 0 Å². The second kappa shape index (κ2) is 10.9. The molecular formula is C33H44FNO4. The molecule has 0 aliphatic carbocycles. The van der Waals surface area contributed by atoms with Crippen molar-refractivity contribution in [1.29, 1.82) is 0 Å². The highest BCUT2D eigenvalue weighted by Crippen LogP contribution is 2.42. The Kier molecular flexibility index (Phi) is 7.00. The SMILES string of the molecule is [2H]/C(=C(/[2H])[C@@](C)(O)C([2H])(C)[C@@](C)(O)C([2H])(C)C(=O)O)c1c(-c2ccc(F)c(C)c2C)c2cc(C)c(C)cc2n1C(C)CC. The van der Waals surface area contributed by atoms with E-state index in [0.29, 0.717) is 28.7 Å². The lowest BCUT2D eigenvalue weighted by atomic mass is 9.72. The molecule has 0 saturated heterocycles. The first-order valence-corrected chi connectivity index (χ1v) is 13.3. The molecule has 3 aromatic rings. The van der Waals surface area contributed by atoms with Gasteiger partial charge in [-0.3, -0.25) is 4.79 Å². The Hall–Kier alpha value is -2.96. The normalized spacial score (nSPS) is 21.3. The molecule has 3 N–H and O–H groups in total. The van der Waals surface area contributed by atoms with Gasteiger partial charge in [0.25, 0.3) is 0 Å². The zero-order chi connectivity index (χ0) is 33.2. The van der Waals surface area contributed by atoms with E-state index < -0.39 is 41.1 Å². The van der Waals surface area contributed by atoms with Crippen LogP contribution in [-0.2, 0) is 4.79 Å². The summed E-state index contributed by atoms with van der Waals surface area (Å²) in [5.41, 5.74) is 0.0764. The first-order chi connectivity index (χ1) is 19.5. The first-order valence-electron chi connectivity index (χ1n) is 15.3. The summed E-state index contributed by atoms with van der Waals surface area (Å²) in [6.07, 6.45) is 0.655. The molecule has 1 aromatic heterocycles. The van der Waals surface area contributed by atoms with Gasteiger partial charge in [0.15, 0.2) is 0 Å². The average molecular weight is 542 g/mol. The number of hydrogen-bond donors (Lipinski definition) is 3. The Bertz CT molecular complexity index is 1640. The molecule has 212 valence electrons. The summed E-state index contributed by atoms with van der Waals surface area (Å²) in [7, 11) is 0. The molecule has 0 fully saturated rings. The predicted molar refractivity (Wildman–Crippen MR) is 158 cm³/mol. The molecule has 0 saturated carbocycles. The summed E-state index contributed by atoms with van der Waals surface area (Å²) in [6, 6.07) is 5.64. The molecule has 0 bridgehead atoms. The van der Waals surface area contributed by atoms with E-state index in [1.807, 2.05) is 44.4 Å². The number of carboxylic acids is 1. The molecule has 3 rings (SSSR count). The van der Waals surface area contributed by atoms with Crippen molar-refractivity contribution in [3.05, 3.63) is 64.1 Å². The summed E-state index contributed by atoms with van der Waals surface area (Å²) in [5, 5.41) is 33.6. The molecule has 2 aromatic carbocycles. The maximum absolute atomic E-state index is 14.6. The van der Waals surface area contributed by atoms with Gasteiger partial charge in [-0.25, -0.2) is 4.39 Å². The van der Waals surface area contributed by atoms with E-state index in [1.165, 1.54) is 6.07 Å². The number of aliphatic hydroxyl groups is 2. The number of aryl methyl sites for hydroxylation is 2. The average Bonchev–Trinajstić information content (AvgIpc) is 3.23. The largest absolute Gasteiger partial charge is 0.481 e. The van der Waals surface area contributed by atoms with Crippen molar-refractivity contribution < 1.29 is 30.0 Å². The fraction of sp³-hybridized carbons (Fsp3) is 0.485. The van der Waals surface area contributed by atoms with Gasteiger partial charge in [-0.15, -0.1) is 0 Å². The van der Waals surface area contributed by atoms with Gasteiger partial charge in [0.1, 0.15) is 5.82 Å². The maximum atomic E-state index is 14.6. The van der Waals surface area contributed by atoms with Crippen LogP contribution in [0.15, 0.2) is 30.3 Å². The van der Waals surface area contributed by atoms with Crippen LogP contribution in [0, 0.1) is 45.3 Å². The van der Waals surface area contributed by atoms with Crippen LogP contribution < -0.4 is 0 Å². The number of halogens is 1. The number of rotatable bonds is 9. The van der Waals surface area contributed by atoms with E-state index >= 15 is 0 Å². The quantitative estimate of drug-likeness (QED) is 0.262. The Balaban J connectivity index is 2.57. The molecule has 5 nitrogen and oxygen atoms in total. The van der Waals surface area contributed by atoms with Crippen LogP contribution in [0.1, 0.15) is 87.4 Å². The topological polar surface area (TPSA) is 82.7 Å². The number of hydrogen-bond acceptors (Lipinski definition) is 3. The van der Waals surface area contributed by atoms with E-state index in [9.17, 15) is 25.9 Å². The summed E-state index contributed by atoms with van der Waals surface area (Å²) >= 11 is 0. The van der Waals surface area contributed by atoms with Gasteiger partial charge in [-0.1, -0.05) is 26.0 Å². The van der Waals surface area contributed by atoms with Crippen LogP contribution in [0.3, 0.4) is 0 Å². The van der Waals surface area contributed by atoms with Crippen molar-refractivity contribution in [2.75, 3.05) is 0 Å². The summed E-state index contributed by atoms with van der Waals surface area (Å²) in [6.45, 7) is 15.4. The molecule has 0 aliphatic rings. The molecule has 6 heteroatoms. The molecule has 0 radical (unpaired) electrons. The smallest absolute Gasteiger partial charge is 0.309 e. The van der Waals surface area contributed by atoms with Crippen LogP contribution in [-0.4, -0.2) is 37.1 Å². The first kappa shape index (κ1) is 25.0. The minimum atomic E-state index is -2.67. The fourth-order valence-corrected chi connectivity index (χ4v) is 4.90. The number of carboxylic acid groups (broad SMARTS) is 1. The second-order valence-electron chi connectivity index (χ2n) is 11.1. The van der Waals surface area contributed by atoms with Crippen molar-refractivity contribution in [2.24, 2.45) is 11.8 Å². The molecular weight excluding hydrogens is 493 g/mol. The summed E-state index contributed by atoms with van der Waals surface area (Å²) in [4.78, 5) is 11.9. The third kappa shape index (κ3) is 5.42. The lowest BCUT2D eigenvalue weighted by Gasteiger charge is -2.40. The number of nitrogens with zero attached hydrogens (tertiary/aromatic N) is 1. The lowest BCUT2D eigenvalue weighted by Crippen LogP contribution is -2.52. The fourth-order valence-electron chi connectivity index (χ4n) is 4.90. The number of fused-ring (bicyclic) bond motifs is 1. The Morgan fingerprint density at radius 3 is 2.26 bits per heavy atom. The minimum absolute atomic E-state index is 0.178. The molecule has 3 unspecified atom stereocenters. The Morgan fingerprint density at radius 1 is 1.10 bits per heavy atom. The zero-order valence-corrected chi connectivity index (χ0v) is 24.7. The van der Waals surface area contributed by atoms with E-state index in [4.69, 9.17) is 4.11 Å². The van der Waals surface area contributed by atoms with Crippen LogP contribution >= 0.6 is 0 Å². The second-order valence-corrected chi connectivity index (χ2v) is 11.1. The van der Waals surface area contributed by atoms with Crippen molar-refractivity contribution >= 4 is 22.9 Å². The summed E-state index contributed by atoms with van der Waals surface area (Å²) < 4.78 is 52.5. The monoisotopic (exact) mass is 541 g/mol. The van der Waals surface area contributed by atoms with Crippen molar-refractivity contribution in [1.82, 2.24) is 4.57 Å². The highest BCUT2D eigenvalue weighted by atomic mass is 19.1. The number of carbonyl (C=O) groups is 1.